The Labute approximate surface area is 102 Å². The zero-order chi connectivity index (χ0) is 12.7. The Kier molecular flexibility index (Phi) is 2.71. The minimum atomic E-state index is -1.13. The number of hydrogen-bond donors (Lipinski definition) is 4. The number of H-pyrrole nitrogens is 1. The molecule has 1 fully saturated rings. The van der Waals surface area contributed by atoms with Gasteiger partial charge in [-0.1, -0.05) is 4.98 Å². The number of aromatic nitrogens is 4. The molecular formula is C10H13N4O4+. The van der Waals surface area contributed by atoms with E-state index in [1.807, 2.05) is 0 Å². The Hall–Kier alpha value is -1.61. The summed E-state index contributed by atoms with van der Waals surface area (Å²) in [4.78, 5) is 10.9. The quantitative estimate of drug-likeness (QED) is 0.454. The lowest BCUT2D eigenvalue weighted by atomic mass is 10.1. The Morgan fingerprint density at radius 1 is 1.39 bits per heavy atom. The molecule has 3 heterocycles. The zero-order valence-corrected chi connectivity index (χ0v) is 9.34. The number of aromatic amines is 1. The van der Waals surface area contributed by atoms with E-state index in [9.17, 15) is 10.2 Å². The number of rotatable bonds is 2. The second-order valence-electron chi connectivity index (χ2n) is 4.17. The van der Waals surface area contributed by atoms with E-state index in [2.05, 4.69) is 15.0 Å². The van der Waals surface area contributed by atoms with E-state index in [4.69, 9.17) is 9.84 Å². The van der Waals surface area contributed by atoms with Crippen molar-refractivity contribution in [2.75, 3.05) is 6.61 Å². The van der Waals surface area contributed by atoms with Gasteiger partial charge in [-0.15, -0.1) is 0 Å². The van der Waals surface area contributed by atoms with Gasteiger partial charge in [0.2, 0.25) is 6.23 Å². The molecule has 8 nitrogen and oxygen atoms in total. The van der Waals surface area contributed by atoms with Gasteiger partial charge in [0.15, 0.2) is 18.2 Å². The van der Waals surface area contributed by atoms with Gasteiger partial charge in [-0.25, -0.2) is 9.55 Å². The van der Waals surface area contributed by atoms with Crippen LogP contribution < -0.4 is 4.57 Å². The third-order valence-electron chi connectivity index (χ3n) is 3.09. The monoisotopic (exact) mass is 253 g/mol. The molecule has 8 heteroatoms. The first-order valence-corrected chi connectivity index (χ1v) is 5.53. The van der Waals surface area contributed by atoms with E-state index < -0.39 is 24.5 Å². The lowest BCUT2D eigenvalue weighted by molar-refractivity contribution is -0.745. The van der Waals surface area contributed by atoms with Crippen LogP contribution in [0.1, 0.15) is 6.23 Å². The van der Waals surface area contributed by atoms with Crippen molar-refractivity contribution in [3.63, 3.8) is 0 Å². The molecule has 1 saturated heterocycles. The number of aliphatic hydroxyl groups excluding tert-OH is 3. The fourth-order valence-electron chi connectivity index (χ4n) is 2.13. The number of aliphatic hydroxyl groups is 3. The Morgan fingerprint density at radius 2 is 2.22 bits per heavy atom. The van der Waals surface area contributed by atoms with Crippen molar-refractivity contribution >= 4 is 11.2 Å². The minimum Gasteiger partial charge on any atom is -0.394 e. The standard InChI is InChI=1S/C10H12N4O4/c15-2-6-7(16)8(17)10(18-6)14-4-13-5-1-11-3-12-9(5)14/h1,3-4,6-8,10,15-17H,2H2/p+1. The van der Waals surface area contributed by atoms with Crippen LogP contribution in [0.15, 0.2) is 18.9 Å². The van der Waals surface area contributed by atoms with Crippen molar-refractivity contribution in [1.82, 2.24) is 15.0 Å². The highest BCUT2D eigenvalue weighted by Crippen LogP contribution is 2.25. The van der Waals surface area contributed by atoms with Crippen LogP contribution in [0.4, 0.5) is 0 Å². The topological polar surface area (TPSA) is 115 Å². The summed E-state index contributed by atoms with van der Waals surface area (Å²) < 4.78 is 6.99. The molecule has 0 spiro atoms. The molecule has 2 aromatic rings. The van der Waals surface area contributed by atoms with Gasteiger partial charge < -0.3 is 20.1 Å². The number of fused-ring (bicyclic) bond motifs is 1. The number of ether oxygens (including phenoxy) is 1. The largest absolute Gasteiger partial charge is 0.394 e. The van der Waals surface area contributed by atoms with Crippen molar-refractivity contribution in [2.45, 2.75) is 24.5 Å². The van der Waals surface area contributed by atoms with Crippen LogP contribution in [0.5, 0.6) is 0 Å². The average molecular weight is 253 g/mol. The summed E-state index contributed by atoms with van der Waals surface area (Å²) in [6.07, 6.45) is 0.721. The van der Waals surface area contributed by atoms with E-state index >= 15 is 0 Å². The second-order valence-corrected chi connectivity index (χ2v) is 4.17. The molecule has 0 radical (unpaired) electrons. The van der Waals surface area contributed by atoms with Gasteiger partial charge in [-0.2, -0.15) is 0 Å². The van der Waals surface area contributed by atoms with E-state index in [1.165, 1.54) is 6.33 Å². The van der Waals surface area contributed by atoms with E-state index in [0.29, 0.717) is 11.2 Å². The fraction of sp³-hybridized carbons (Fsp3) is 0.500. The van der Waals surface area contributed by atoms with Gasteiger partial charge in [0.05, 0.1) is 12.8 Å². The predicted molar refractivity (Wildman–Crippen MR) is 57.1 cm³/mol. The summed E-state index contributed by atoms with van der Waals surface area (Å²) in [6.45, 7) is -0.355. The third-order valence-corrected chi connectivity index (χ3v) is 3.09. The molecule has 4 N–H and O–H groups in total. The molecule has 0 bridgehead atoms. The van der Waals surface area contributed by atoms with E-state index in [1.54, 1.807) is 17.1 Å². The average Bonchev–Trinajstić information content (AvgIpc) is 2.93. The first-order chi connectivity index (χ1) is 8.72. The van der Waals surface area contributed by atoms with Crippen LogP contribution in [-0.4, -0.2) is 55.2 Å². The molecule has 2 aromatic heterocycles. The maximum absolute atomic E-state index is 9.93. The number of nitrogens with one attached hydrogen (secondary N) is 1. The normalized spacial score (nSPS) is 32.2. The summed E-state index contributed by atoms with van der Waals surface area (Å²) in [5.41, 5.74) is 1.25. The number of imidazole rings is 1. The van der Waals surface area contributed by atoms with Crippen molar-refractivity contribution < 1.29 is 24.6 Å². The molecule has 18 heavy (non-hydrogen) atoms. The number of nitrogens with zero attached hydrogens (tertiary/aromatic N) is 3. The van der Waals surface area contributed by atoms with Gasteiger partial charge in [0, 0.05) is 0 Å². The number of hydrogen-bond acceptors (Lipinski definition) is 6. The van der Waals surface area contributed by atoms with Crippen LogP contribution in [0.3, 0.4) is 0 Å². The molecule has 0 amide bonds. The molecule has 1 aliphatic heterocycles. The SMILES string of the molecule is OCC1OC([n+]2c[nH]c3cncnc32)C(O)C1O. The molecule has 0 saturated carbocycles. The second kappa shape index (κ2) is 4.25. The molecule has 1 aliphatic rings. The van der Waals surface area contributed by atoms with Crippen LogP contribution in [0, 0.1) is 0 Å². The Morgan fingerprint density at radius 3 is 2.94 bits per heavy atom. The Balaban J connectivity index is 2.00. The highest BCUT2D eigenvalue weighted by molar-refractivity contribution is 5.63. The van der Waals surface area contributed by atoms with Crippen molar-refractivity contribution in [1.29, 1.82) is 0 Å². The molecule has 4 unspecified atom stereocenters. The van der Waals surface area contributed by atoms with E-state index in [-0.39, 0.29) is 6.61 Å². The molecule has 0 aliphatic carbocycles. The smallest absolute Gasteiger partial charge is 0.307 e. The summed E-state index contributed by atoms with van der Waals surface area (Å²) in [7, 11) is 0. The fourth-order valence-corrected chi connectivity index (χ4v) is 2.13. The van der Waals surface area contributed by atoms with Gasteiger partial charge in [-0.05, 0) is 0 Å². The lowest BCUT2D eigenvalue weighted by Gasteiger charge is -2.11. The maximum Gasteiger partial charge on any atom is 0.307 e. The van der Waals surface area contributed by atoms with Gasteiger partial charge in [0.1, 0.15) is 18.3 Å². The zero-order valence-electron chi connectivity index (χ0n) is 9.34. The minimum absolute atomic E-state index is 0.355. The summed E-state index contributed by atoms with van der Waals surface area (Å²) in [5.74, 6) is 0. The van der Waals surface area contributed by atoms with E-state index in [0.717, 1.165) is 0 Å². The molecule has 3 rings (SSSR count). The molecule has 0 aromatic carbocycles. The summed E-state index contributed by atoms with van der Waals surface area (Å²) >= 11 is 0. The predicted octanol–water partition coefficient (Wildman–Crippen LogP) is -2.14. The summed E-state index contributed by atoms with van der Waals surface area (Å²) in [6, 6.07) is 0. The van der Waals surface area contributed by atoms with Gasteiger partial charge in [-0.3, -0.25) is 4.98 Å². The molecule has 4 atom stereocenters. The first kappa shape index (κ1) is 11.5. The lowest BCUT2D eigenvalue weighted by Crippen LogP contribution is -2.45. The van der Waals surface area contributed by atoms with Crippen molar-refractivity contribution in [3.8, 4) is 0 Å². The van der Waals surface area contributed by atoms with Crippen molar-refractivity contribution in [3.05, 3.63) is 18.9 Å². The van der Waals surface area contributed by atoms with Crippen LogP contribution in [-0.2, 0) is 4.74 Å². The summed E-state index contributed by atoms with van der Waals surface area (Å²) in [5, 5.41) is 28.7. The first-order valence-electron chi connectivity index (χ1n) is 5.53. The maximum atomic E-state index is 9.93. The van der Waals surface area contributed by atoms with Crippen LogP contribution >= 0.6 is 0 Å². The van der Waals surface area contributed by atoms with Crippen molar-refractivity contribution in [2.24, 2.45) is 0 Å². The third kappa shape index (κ3) is 1.58. The molecule has 96 valence electrons. The highest BCUT2D eigenvalue weighted by atomic mass is 16.6. The highest BCUT2D eigenvalue weighted by Gasteiger charge is 2.46. The van der Waals surface area contributed by atoms with Gasteiger partial charge in [0.25, 0.3) is 0 Å². The van der Waals surface area contributed by atoms with Crippen LogP contribution in [0.2, 0.25) is 0 Å². The van der Waals surface area contributed by atoms with Crippen LogP contribution in [0.25, 0.3) is 11.2 Å². The van der Waals surface area contributed by atoms with Gasteiger partial charge >= 0.3 is 5.65 Å². The molecular weight excluding hydrogens is 240 g/mol. The Bertz CT molecular complexity index is 560.